The molecule has 106 valence electrons. The standard InChI is InChI=1S/C12H19N3O3S/c1-2-7-14-11-5-3-10(4-6-11)12(16)15-8-9-19(13,17)18/h3-6,14H,2,7-9H2,1H3,(H,15,16)(H2,13,17,18). The molecule has 6 nitrogen and oxygen atoms in total. The molecule has 1 aromatic carbocycles. The summed E-state index contributed by atoms with van der Waals surface area (Å²) in [5.41, 5.74) is 1.43. The zero-order valence-electron chi connectivity index (χ0n) is 10.8. The number of hydrogen-bond acceptors (Lipinski definition) is 4. The highest BCUT2D eigenvalue weighted by Gasteiger charge is 2.07. The molecule has 0 aromatic heterocycles. The first-order valence-electron chi connectivity index (χ1n) is 6.05. The van der Waals surface area contributed by atoms with Crippen molar-refractivity contribution < 1.29 is 13.2 Å². The van der Waals surface area contributed by atoms with Gasteiger partial charge in [0.25, 0.3) is 5.91 Å². The number of carbonyl (C=O) groups is 1. The molecule has 1 rings (SSSR count). The second-order valence-corrected chi connectivity index (χ2v) is 5.86. The molecule has 0 saturated carbocycles. The average molecular weight is 285 g/mol. The van der Waals surface area contributed by atoms with Gasteiger partial charge < -0.3 is 10.6 Å². The summed E-state index contributed by atoms with van der Waals surface area (Å²) in [5.74, 6) is -0.583. The average Bonchev–Trinajstić information content (AvgIpc) is 2.35. The third-order valence-corrected chi connectivity index (χ3v) is 3.17. The van der Waals surface area contributed by atoms with Crippen LogP contribution in [0.4, 0.5) is 5.69 Å². The molecule has 1 aromatic rings. The molecule has 0 heterocycles. The van der Waals surface area contributed by atoms with E-state index in [1.807, 2.05) is 12.1 Å². The molecule has 0 aliphatic carbocycles. The Balaban J connectivity index is 2.49. The zero-order valence-corrected chi connectivity index (χ0v) is 11.7. The van der Waals surface area contributed by atoms with E-state index in [0.717, 1.165) is 18.7 Å². The van der Waals surface area contributed by atoms with Gasteiger partial charge in [-0.3, -0.25) is 4.79 Å². The molecule has 4 N–H and O–H groups in total. The van der Waals surface area contributed by atoms with Crippen LogP contribution in [0.3, 0.4) is 0 Å². The van der Waals surface area contributed by atoms with Crippen molar-refractivity contribution in [3.05, 3.63) is 29.8 Å². The van der Waals surface area contributed by atoms with Crippen LogP contribution in [0.1, 0.15) is 23.7 Å². The van der Waals surface area contributed by atoms with Crippen molar-refractivity contribution in [2.24, 2.45) is 5.14 Å². The number of nitrogens with two attached hydrogens (primary N) is 1. The van der Waals surface area contributed by atoms with E-state index in [-0.39, 0.29) is 18.2 Å². The van der Waals surface area contributed by atoms with Gasteiger partial charge in [-0.05, 0) is 30.7 Å². The summed E-state index contributed by atoms with van der Waals surface area (Å²) >= 11 is 0. The number of rotatable bonds is 7. The molecule has 0 spiro atoms. The van der Waals surface area contributed by atoms with Crippen LogP contribution in [0.15, 0.2) is 24.3 Å². The van der Waals surface area contributed by atoms with Gasteiger partial charge in [0, 0.05) is 24.3 Å². The summed E-state index contributed by atoms with van der Waals surface area (Å²) < 4.78 is 21.4. The van der Waals surface area contributed by atoms with E-state index in [1.54, 1.807) is 12.1 Å². The van der Waals surface area contributed by atoms with Crippen molar-refractivity contribution >= 4 is 21.6 Å². The van der Waals surface area contributed by atoms with E-state index in [9.17, 15) is 13.2 Å². The van der Waals surface area contributed by atoms with E-state index in [4.69, 9.17) is 5.14 Å². The van der Waals surface area contributed by atoms with Gasteiger partial charge in [-0.25, -0.2) is 13.6 Å². The largest absolute Gasteiger partial charge is 0.385 e. The van der Waals surface area contributed by atoms with Crippen LogP contribution in [0.25, 0.3) is 0 Å². The lowest BCUT2D eigenvalue weighted by Gasteiger charge is -2.07. The second kappa shape index (κ2) is 7.10. The Bertz CT molecular complexity index is 512. The maximum atomic E-state index is 11.7. The predicted octanol–water partition coefficient (Wildman–Crippen LogP) is 0.527. The SMILES string of the molecule is CCCNc1ccc(C(=O)NCCS(N)(=O)=O)cc1. The number of benzene rings is 1. The maximum absolute atomic E-state index is 11.7. The molecular weight excluding hydrogens is 266 g/mol. The first-order valence-corrected chi connectivity index (χ1v) is 7.76. The monoisotopic (exact) mass is 285 g/mol. The predicted molar refractivity (Wildman–Crippen MR) is 75.5 cm³/mol. The molecule has 0 atom stereocenters. The third-order valence-electron chi connectivity index (χ3n) is 2.40. The summed E-state index contributed by atoms with van der Waals surface area (Å²) in [5, 5.41) is 10.5. The molecule has 0 unspecified atom stereocenters. The van der Waals surface area contributed by atoms with E-state index >= 15 is 0 Å². The first kappa shape index (κ1) is 15.5. The van der Waals surface area contributed by atoms with Crippen LogP contribution >= 0.6 is 0 Å². The van der Waals surface area contributed by atoms with Gasteiger partial charge in [-0.1, -0.05) is 6.92 Å². The summed E-state index contributed by atoms with van der Waals surface area (Å²) in [7, 11) is -3.54. The van der Waals surface area contributed by atoms with Crippen LogP contribution in [0.5, 0.6) is 0 Å². The van der Waals surface area contributed by atoms with Crippen LogP contribution in [0, 0.1) is 0 Å². The molecular formula is C12H19N3O3S. The van der Waals surface area contributed by atoms with Crippen molar-refractivity contribution in [2.75, 3.05) is 24.2 Å². The molecule has 19 heavy (non-hydrogen) atoms. The molecule has 0 aliphatic heterocycles. The van der Waals surface area contributed by atoms with Gasteiger partial charge in [0.05, 0.1) is 5.75 Å². The van der Waals surface area contributed by atoms with Gasteiger partial charge in [-0.15, -0.1) is 0 Å². The zero-order chi connectivity index (χ0) is 14.3. The van der Waals surface area contributed by atoms with Crippen molar-refractivity contribution in [1.82, 2.24) is 5.32 Å². The lowest BCUT2D eigenvalue weighted by molar-refractivity contribution is 0.0956. The highest BCUT2D eigenvalue weighted by Crippen LogP contribution is 2.09. The highest BCUT2D eigenvalue weighted by molar-refractivity contribution is 7.89. The summed E-state index contributed by atoms with van der Waals surface area (Å²) in [6.07, 6.45) is 1.02. The van der Waals surface area contributed by atoms with Crippen molar-refractivity contribution in [3.8, 4) is 0 Å². The summed E-state index contributed by atoms with van der Waals surface area (Å²) in [6, 6.07) is 6.99. The fourth-order valence-electron chi connectivity index (χ4n) is 1.42. The van der Waals surface area contributed by atoms with Gasteiger partial charge >= 0.3 is 0 Å². The van der Waals surface area contributed by atoms with Gasteiger partial charge in [-0.2, -0.15) is 0 Å². The highest BCUT2D eigenvalue weighted by atomic mass is 32.2. The van der Waals surface area contributed by atoms with Crippen molar-refractivity contribution in [2.45, 2.75) is 13.3 Å². The van der Waals surface area contributed by atoms with E-state index in [1.165, 1.54) is 0 Å². The fraction of sp³-hybridized carbons (Fsp3) is 0.417. The van der Waals surface area contributed by atoms with Crippen molar-refractivity contribution in [1.29, 1.82) is 0 Å². The number of hydrogen-bond donors (Lipinski definition) is 3. The Kier molecular flexibility index (Phi) is 5.78. The minimum Gasteiger partial charge on any atom is -0.385 e. The molecule has 7 heteroatoms. The Labute approximate surface area is 113 Å². The number of sulfonamides is 1. The molecule has 0 aliphatic rings. The first-order chi connectivity index (χ1) is 8.92. The third kappa shape index (κ3) is 6.21. The minimum atomic E-state index is -3.54. The summed E-state index contributed by atoms with van der Waals surface area (Å²) in [6.45, 7) is 2.95. The molecule has 0 radical (unpaired) electrons. The Morgan fingerprint density at radius 3 is 2.37 bits per heavy atom. The number of nitrogens with one attached hydrogen (secondary N) is 2. The number of primary sulfonamides is 1. The lowest BCUT2D eigenvalue weighted by atomic mass is 10.2. The number of amides is 1. The van der Waals surface area contributed by atoms with Gasteiger partial charge in [0.15, 0.2) is 0 Å². The Hall–Kier alpha value is -1.60. The summed E-state index contributed by atoms with van der Waals surface area (Å²) in [4.78, 5) is 11.7. The van der Waals surface area contributed by atoms with Crippen LogP contribution in [-0.4, -0.2) is 33.2 Å². The normalized spacial score (nSPS) is 11.1. The fourth-order valence-corrected chi connectivity index (χ4v) is 1.80. The van der Waals surface area contributed by atoms with E-state index in [0.29, 0.717) is 5.56 Å². The van der Waals surface area contributed by atoms with Gasteiger partial charge in [0.2, 0.25) is 10.0 Å². The van der Waals surface area contributed by atoms with Crippen LogP contribution in [0.2, 0.25) is 0 Å². The lowest BCUT2D eigenvalue weighted by Crippen LogP contribution is -2.31. The van der Waals surface area contributed by atoms with Crippen molar-refractivity contribution in [3.63, 3.8) is 0 Å². The number of carbonyl (C=O) groups excluding carboxylic acids is 1. The molecule has 1 amide bonds. The Morgan fingerprint density at radius 2 is 1.84 bits per heavy atom. The number of anilines is 1. The van der Waals surface area contributed by atoms with Crippen LogP contribution < -0.4 is 15.8 Å². The maximum Gasteiger partial charge on any atom is 0.251 e. The molecule has 0 saturated heterocycles. The van der Waals surface area contributed by atoms with Crippen LogP contribution in [-0.2, 0) is 10.0 Å². The smallest absolute Gasteiger partial charge is 0.251 e. The van der Waals surface area contributed by atoms with Gasteiger partial charge in [0.1, 0.15) is 0 Å². The van der Waals surface area contributed by atoms with E-state index < -0.39 is 10.0 Å². The Morgan fingerprint density at radius 1 is 1.21 bits per heavy atom. The minimum absolute atomic E-state index is 0.00744. The topological polar surface area (TPSA) is 101 Å². The second-order valence-electron chi connectivity index (χ2n) is 4.13. The van der Waals surface area contributed by atoms with E-state index in [2.05, 4.69) is 17.6 Å². The molecule has 0 fully saturated rings. The quantitative estimate of drug-likeness (QED) is 0.680. The molecule has 0 bridgehead atoms.